The van der Waals surface area contributed by atoms with Crippen molar-refractivity contribution < 1.29 is 14.6 Å². The van der Waals surface area contributed by atoms with E-state index in [-0.39, 0.29) is 12.7 Å². The van der Waals surface area contributed by atoms with Crippen LogP contribution in [0.3, 0.4) is 0 Å². The van der Waals surface area contributed by atoms with Crippen molar-refractivity contribution in [1.29, 1.82) is 0 Å². The van der Waals surface area contributed by atoms with Gasteiger partial charge in [0, 0.05) is 23.8 Å². The molecule has 2 atom stereocenters. The Bertz CT molecular complexity index is 525. The molecular weight excluding hydrogens is 292 g/mol. The normalized spacial score (nSPS) is 21.0. The maximum Gasteiger partial charge on any atom is 0.407 e. The van der Waals surface area contributed by atoms with E-state index in [2.05, 4.69) is 10.6 Å². The number of aliphatic hydroxyl groups is 1. The number of alkyl carbamates (subject to hydrolysis) is 1. The molecule has 5 nitrogen and oxygen atoms in total. The first kappa shape index (κ1) is 17.6. The number of carbonyl (C=O) groups excluding carboxylic acids is 1. The minimum atomic E-state index is -0.475. The lowest BCUT2D eigenvalue weighted by Crippen LogP contribution is -2.38. The fourth-order valence-corrected chi connectivity index (χ4v) is 3.00. The maximum absolute atomic E-state index is 11.8. The van der Waals surface area contributed by atoms with Crippen molar-refractivity contribution >= 4 is 11.8 Å². The Morgan fingerprint density at radius 2 is 2.04 bits per heavy atom. The van der Waals surface area contributed by atoms with Gasteiger partial charge in [-0.1, -0.05) is 24.6 Å². The van der Waals surface area contributed by atoms with Crippen LogP contribution in [0.2, 0.25) is 0 Å². The summed E-state index contributed by atoms with van der Waals surface area (Å²) in [6.07, 6.45) is 2.92. The van der Waals surface area contributed by atoms with Crippen LogP contribution in [0.4, 0.5) is 10.5 Å². The summed E-state index contributed by atoms with van der Waals surface area (Å²) in [5.41, 5.74) is 1.40. The molecule has 0 heterocycles. The minimum absolute atomic E-state index is 0.0245. The smallest absolute Gasteiger partial charge is 0.407 e. The van der Waals surface area contributed by atoms with Crippen LogP contribution < -0.4 is 10.6 Å². The standard InChI is InChI=1S/C18H28N2O3/c1-18(2,3)23-17(22)19-11-13-8-6-10-15(13)20-16-9-5-4-7-14(16)12-21/h4-5,7,9,13,15,20-21H,6,8,10-12H2,1-3H3,(H,19,22). The lowest BCUT2D eigenvalue weighted by molar-refractivity contribution is 0.0519. The third-order valence-electron chi connectivity index (χ3n) is 4.10. The van der Waals surface area contributed by atoms with Gasteiger partial charge in [-0.2, -0.15) is 0 Å². The number of rotatable bonds is 5. The average molecular weight is 320 g/mol. The number of nitrogens with one attached hydrogen (secondary N) is 2. The summed E-state index contributed by atoms with van der Waals surface area (Å²) in [7, 11) is 0. The van der Waals surface area contributed by atoms with Crippen LogP contribution in [0.1, 0.15) is 45.6 Å². The zero-order chi connectivity index (χ0) is 16.9. The van der Waals surface area contributed by atoms with E-state index in [1.54, 1.807) is 0 Å². The van der Waals surface area contributed by atoms with Crippen molar-refractivity contribution in [3.05, 3.63) is 29.8 Å². The SMILES string of the molecule is CC(C)(C)OC(=O)NCC1CCCC1Nc1ccccc1CO. The van der Waals surface area contributed by atoms with Gasteiger partial charge in [0.15, 0.2) is 0 Å². The van der Waals surface area contributed by atoms with Crippen molar-refractivity contribution in [2.45, 2.75) is 58.3 Å². The molecule has 3 N–H and O–H groups in total. The van der Waals surface area contributed by atoms with Crippen molar-refractivity contribution in [2.75, 3.05) is 11.9 Å². The quantitative estimate of drug-likeness (QED) is 0.778. The van der Waals surface area contributed by atoms with Gasteiger partial charge in [0.05, 0.1) is 6.61 Å². The highest BCUT2D eigenvalue weighted by molar-refractivity contribution is 5.67. The lowest BCUT2D eigenvalue weighted by atomic mass is 10.0. The molecule has 0 aromatic heterocycles. The van der Waals surface area contributed by atoms with E-state index in [9.17, 15) is 9.90 Å². The molecule has 1 aliphatic carbocycles. The molecule has 1 aromatic carbocycles. The second-order valence-electron chi connectivity index (χ2n) is 7.14. The number of hydrogen-bond donors (Lipinski definition) is 3. The van der Waals surface area contributed by atoms with Crippen molar-refractivity contribution in [3.8, 4) is 0 Å². The molecule has 1 amide bonds. The van der Waals surface area contributed by atoms with E-state index in [1.807, 2.05) is 45.0 Å². The fourth-order valence-electron chi connectivity index (χ4n) is 3.00. The Kier molecular flexibility index (Phi) is 5.88. The zero-order valence-corrected chi connectivity index (χ0v) is 14.3. The summed E-state index contributed by atoms with van der Waals surface area (Å²) in [5, 5.41) is 15.8. The van der Waals surface area contributed by atoms with Crippen molar-refractivity contribution in [1.82, 2.24) is 5.32 Å². The second kappa shape index (κ2) is 7.68. The number of carbonyl (C=O) groups is 1. The molecule has 0 radical (unpaired) electrons. The summed E-state index contributed by atoms with van der Waals surface area (Å²) in [4.78, 5) is 11.8. The van der Waals surface area contributed by atoms with Crippen LogP contribution in [0.5, 0.6) is 0 Å². The summed E-state index contributed by atoms with van der Waals surface area (Å²) < 4.78 is 5.28. The molecule has 0 aliphatic heterocycles. The van der Waals surface area contributed by atoms with Gasteiger partial charge >= 0.3 is 6.09 Å². The highest BCUT2D eigenvalue weighted by Crippen LogP contribution is 2.29. The fraction of sp³-hybridized carbons (Fsp3) is 0.611. The average Bonchev–Trinajstić information content (AvgIpc) is 2.91. The molecule has 2 unspecified atom stereocenters. The number of ether oxygens (including phenoxy) is 1. The Balaban J connectivity index is 1.89. The first-order chi connectivity index (χ1) is 10.9. The second-order valence-corrected chi connectivity index (χ2v) is 7.14. The summed E-state index contributed by atoms with van der Waals surface area (Å²) in [6.45, 7) is 6.21. The number of aliphatic hydroxyl groups excluding tert-OH is 1. The Morgan fingerprint density at radius 3 is 2.74 bits per heavy atom. The van der Waals surface area contributed by atoms with Crippen LogP contribution in [0.15, 0.2) is 24.3 Å². The number of anilines is 1. The number of hydrogen-bond acceptors (Lipinski definition) is 4. The van der Waals surface area contributed by atoms with Gasteiger partial charge in [-0.3, -0.25) is 0 Å². The number of para-hydroxylation sites is 1. The third-order valence-corrected chi connectivity index (χ3v) is 4.10. The first-order valence-corrected chi connectivity index (χ1v) is 8.31. The molecule has 0 saturated heterocycles. The molecule has 1 aliphatic rings. The van der Waals surface area contributed by atoms with Crippen LogP contribution >= 0.6 is 0 Å². The van der Waals surface area contributed by atoms with Crippen LogP contribution in [0.25, 0.3) is 0 Å². The predicted molar refractivity (Wildman–Crippen MR) is 91.4 cm³/mol. The predicted octanol–water partition coefficient (Wildman–Crippen LogP) is 3.28. The van der Waals surface area contributed by atoms with E-state index in [1.165, 1.54) is 0 Å². The molecule has 0 spiro atoms. The van der Waals surface area contributed by atoms with Gasteiger partial charge in [-0.25, -0.2) is 4.79 Å². The van der Waals surface area contributed by atoms with E-state index in [4.69, 9.17) is 4.74 Å². The summed E-state index contributed by atoms with van der Waals surface area (Å²) >= 11 is 0. The summed E-state index contributed by atoms with van der Waals surface area (Å²) in [5.74, 6) is 0.370. The van der Waals surface area contributed by atoms with Gasteiger partial charge < -0.3 is 20.5 Å². The van der Waals surface area contributed by atoms with Crippen molar-refractivity contribution in [2.24, 2.45) is 5.92 Å². The number of benzene rings is 1. The highest BCUT2D eigenvalue weighted by Gasteiger charge is 2.28. The van der Waals surface area contributed by atoms with Gasteiger partial charge in [0.25, 0.3) is 0 Å². The zero-order valence-electron chi connectivity index (χ0n) is 14.3. The largest absolute Gasteiger partial charge is 0.444 e. The molecule has 1 saturated carbocycles. The Hall–Kier alpha value is -1.75. The molecule has 0 bridgehead atoms. The topological polar surface area (TPSA) is 70.6 Å². The van der Waals surface area contributed by atoms with Crippen LogP contribution in [0, 0.1) is 5.92 Å². The highest BCUT2D eigenvalue weighted by atomic mass is 16.6. The van der Waals surface area contributed by atoms with Gasteiger partial charge in [0.2, 0.25) is 0 Å². The third kappa shape index (κ3) is 5.43. The molecule has 5 heteroatoms. The number of amides is 1. The molecule has 1 fully saturated rings. The monoisotopic (exact) mass is 320 g/mol. The Morgan fingerprint density at radius 1 is 1.30 bits per heavy atom. The summed E-state index contributed by atoms with van der Waals surface area (Å²) in [6, 6.07) is 8.10. The molecule has 2 rings (SSSR count). The molecule has 128 valence electrons. The molecular formula is C18H28N2O3. The van der Waals surface area contributed by atoms with Crippen LogP contribution in [-0.4, -0.2) is 29.4 Å². The maximum atomic E-state index is 11.8. The van der Waals surface area contributed by atoms with Gasteiger partial charge in [-0.15, -0.1) is 0 Å². The van der Waals surface area contributed by atoms with Crippen molar-refractivity contribution in [3.63, 3.8) is 0 Å². The molecule has 1 aromatic rings. The van der Waals surface area contributed by atoms with Gasteiger partial charge in [0.1, 0.15) is 5.60 Å². The van der Waals surface area contributed by atoms with E-state index < -0.39 is 5.60 Å². The van der Waals surface area contributed by atoms with Gasteiger partial charge in [-0.05, 0) is 45.6 Å². The van der Waals surface area contributed by atoms with E-state index >= 15 is 0 Å². The van der Waals surface area contributed by atoms with E-state index in [0.717, 1.165) is 30.5 Å². The van der Waals surface area contributed by atoms with E-state index in [0.29, 0.717) is 18.5 Å². The minimum Gasteiger partial charge on any atom is -0.444 e. The Labute approximate surface area is 138 Å². The van der Waals surface area contributed by atoms with Crippen LogP contribution in [-0.2, 0) is 11.3 Å². The first-order valence-electron chi connectivity index (χ1n) is 8.31. The lowest BCUT2D eigenvalue weighted by Gasteiger charge is -2.25. The molecule has 23 heavy (non-hydrogen) atoms.